The predicted molar refractivity (Wildman–Crippen MR) is 146 cm³/mol. The minimum Gasteiger partial charge on any atom is -0.490 e. The van der Waals surface area contributed by atoms with Gasteiger partial charge >= 0.3 is 5.91 Å². The van der Waals surface area contributed by atoms with Crippen LogP contribution in [0.15, 0.2) is 76.2 Å². The minimum atomic E-state index is -0.592. The van der Waals surface area contributed by atoms with Crippen LogP contribution in [-0.4, -0.2) is 35.8 Å². The van der Waals surface area contributed by atoms with E-state index in [1.54, 1.807) is 30.3 Å². The first-order chi connectivity index (χ1) is 18.8. The Morgan fingerprint density at radius 3 is 2.38 bits per heavy atom. The number of furan rings is 1. The summed E-state index contributed by atoms with van der Waals surface area (Å²) < 4.78 is 24.5. The van der Waals surface area contributed by atoms with E-state index in [2.05, 4.69) is 41.1 Å². The fraction of sp³-hybridized carbons (Fsp3) is 0.207. The molecule has 4 aromatic rings. The number of ether oxygens (including phenoxy) is 3. The van der Waals surface area contributed by atoms with Crippen LogP contribution in [0.5, 0.6) is 17.2 Å². The molecular weight excluding hydrogens is 500 g/mol. The zero-order valence-corrected chi connectivity index (χ0v) is 22.0. The molecule has 0 aliphatic rings. The number of aryl methyl sites for hydroxylation is 2. The molecule has 0 atom stereocenters. The van der Waals surface area contributed by atoms with Gasteiger partial charge in [0.2, 0.25) is 0 Å². The number of carbonyl (C=O) groups excluding carboxylic acids is 2. The molecule has 10 heteroatoms. The summed E-state index contributed by atoms with van der Waals surface area (Å²) in [4.78, 5) is 23.4. The second-order valence-electron chi connectivity index (χ2n) is 8.59. The smallest absolute Gasteiger partial charge is 0.307 e. The van der Waals surface area contributed by atoms with Crippen LogP contribution in [0.2, 0.25) is 0 Å². The molecular formula is C29H30N4O6. The highest BCUT2D eigenvalue weighted by Gasteiger charge is 2.12. The van der Waals surface area contributed by atoms with Gasteiger partial charge in [-0.15, -0.1) is 0 Å². The monoisotopic (exact) mass is 530 g/mol. The Morgan fingerprint density at radius 2 is 1.69 bits per heavy atom. The van der Waals surface area contributed by atoms with E-state index in [0.717, 1.165) is 17.1 Å². The van der Waals surface area contributed by atoms with E-state index in [-0.39, 0.29) is 19.0 Å². The lowest BCUT2D eigenvalue weighted by Crippen LogP contribution is -2.20. The Morgan fingerprint density at radius 1 is 0.949 bits per heavy atom. The van der Waals surface area contributed by atoms with Crippen molar-refractivity contribution in [3.63, 3.8) is 0 Å². The number of benzene rings is 2. The second kappa shape index (κ2) is 12.5. The van der Waals surface area contributed by atoms with Gasteiger partial charge in [0.15, 0.2) is 23.9 Å². The number of rotatable bonds is 12. The standard InChI is InChI=1S/C29H30N4O6/c1-4-36-27-15-21(7-13-25(27)38-18-28(30)34)16-31-32-29(35)26-14-12-24(39-26)17-37-23-10-8-22(9-11-23)33-19(2)5-6-20(33)3/h5-16H,4,17-18H2,1-3H3,(H2,30,34)(H,32,35)/b31-16+. The van der Waals surface area contributed by atoms with Crippen molar-refractivity contribution < 1.29 is 28.2 Å². The first kappa shape index (κ1) is 27.1. The van der Waals surface area contributed by atoms with E-state index in [0.29, 0.717) is 35.2 Å². The Balaban J connectivity index is 1.30. The second-order valence-corrected chi connectivity index (χ2v) is 8.59. The number of amides is 2. The number of nitrogens with one attached hydrogen (secondary N) is 1. The molecule has 0 unspecified atom stereocenters. The molecule has 0 saturated heterocycles. The molecule has 2 heterocycles. The van der Waals surface area contributed by atoms with Crippen LogP contribution in [0.4, 0.5) is 0 Å². The average molecular weight is 531 g/mol. The van der Waals surface area contributed by atoms with Crippen LogP contribution in [0.1, 0.15) is 40.2 Å². The molecule has 0 saturated carbocycles. The molecule has 4 rings (SSSR count). The van der Waals surface area contributed by atoms with Crippen molar-refractivity contribution in [2.24, 2.45) is 10.8 Å². The van der Waals surface area contributed by atoms with Crippen LogP contribution in [-0.2, 0) is 11.4 Å². The van der Waals surface area contributed by atoms with Gasteiger partial charge in [-0.05, 0) is 93.1 Å². The van der Waals surface area contributed by atoms with E-state index in [9.17, 15) is 9.59 Å². The van der Waals surface area contributed by atoms with Crippen molar-refractivity contribution in [3.8, 4) is 22.9 Å². The molecule has 0 aliphatic heterocycles. The van der Waals surface area contributed by atoms with E-state index >= 15 is 0 Å². The van der Waals surface area contributed by atoms with Gasteiger partial charge in [0, 0.05) is 17.1 Å². The highest BCUT2D eigenvalue weighted by Crippen LogP contribution is 2.28. The van der Waals surface area contributed by atoms with Gasteiger partial charge in [0.1, 0.15) is 18.1 Å². The highest BCUT2D eigenvalue weighted by atomic mass is 16.5. The molecule has 0 bridgehead atoms. The zero-order chi connectivity index (χ0) is 27.8. The van der Waals surface area contributed by atoms with E-state index in [4.69, 9.17) is 24.4 Å². The Labute approximate surface area is 226 Å². The third kappa shape index (κ3) is 7.07. The number of primary amides is 1. The summed E-state index contributed by atoms with van der Waals surface area (Å²) in [5.74, 6) is 0.990. The molecule has 2 amide bonds. The van der Waals surface area contributed by atoms with Crippen molar-refractivity contribution >= 4 is 18.0 Å². The summed E-state index contributed by atoms with van der Waals surface area (Å²) >= 11 is 0. The van der Waals surface area contributed by atoms with Gasteiger partial charge in [-0.1, -0.05) is 0 Å². The Bertz CT molecular complexity index is 1450. The number of nitrogens with two attached hydrogens (primary N) is 1. The third-order valence-corrected chi connectivity index (χ3v) is 5.65. The summed E-state index contributed by atoms with van der Waals surface area (Å²) in [6, 6.07) is 20.2. The molecule has 0 fully saturated rings. The number of aromatic nitrogens is 1. The van der Waals surface area contributed by atoms with E-state index < -0.39 is 11.8 Å². The van der Waals surface area contributed by atoms with Crippen LogP contribution < -0.4 is 25.4 Å². The maximum absolute atomic E-state index is 12.4. The summed E-state index contributed by atoms with van der Waals surface area (Å²) in [5, 5.41) is 3.98. The predicted octanol–water partition coefficient (Wildman–Crippen LogP) is 4.29. The van der Waals surface area contributed by atoms with Gasteiger partial charge in [-0.3, -0.25) is 9.59 Å². The van der Waals surface area contributed by atoms with Gasteiger partial charge < -0.3 is 28.9 Å². The molecule has 10 nitrogen and oxygen atoms in total. The van der Waals surface area contributed by atoms with Gasteiger partial charge in [0.05, 0.1) is 12.8 Å². The third-order valence-electron chi connectivity index (χ3n) is 5.65. The van der Waals surface area contributed by atoms with Crippen LogP contribution in [0.25, 0.3) is 5.69 Å². The van der Waals surface area contributed by atoms with Crippen molar-refractivity contribution in [1.29, 1.82) is 0 Å². The maximum Gasteiger partial charge on any atom is 0.307 e. The lowest BCUT2D eigenvalue weighted by Gasteiger charge is -2.11. The number of carbonyl (C=O) groups is 2. The average Bonchev–Trinajstić information content (AvgIpc) is 3.53. The molecule has 2 aromatic heterocycles. The summed E-state index contributed by atoms with van der Waals surface area (Å²) in [6.07, 6.45) is 1.45. The highest BCUT2D eigenvalue weighted by molar-refractivity contribution is 5.92. The molecule has 0 spiro atoms. The zero-order valence-electron chi connectivity index (χ0n) is 22.0. The number of hydrogen-bond donors (Lipinski definition) is 2. The quantitative estimate of drug-likeness (QED) is 0.208. The summed E-state index contributed by atoms with van der Waals surface area (Å²) in [5.41, 5.74) is 11.6. The lowest BCUT2D eigenvalue weighted by atomic mass is 10.2. The maximum atomic E-state index is 12.4. The van der Waals surface area contributed by atoms with E-state index in [1.165, 1.54) is 6.21 Å². The van der Waals surface area contributed by atoms with Crippen molar-refractivity contribution in [2.75, 3.05) is 13.2 Å². The van der Waals surface area contributed by atoms with Crippen LogP contribution >= 0.6 is 0 Å². The number of hydrogen-bond acceptors (Lipinski definition) is 7. The summed E-state index contributed by atoms with van der Waals surface area (Å²) in [6.45, 7) is 6.25. The van der Waals surface area contributed by atoms with Gasteiger partial charge in [-0.2, -0.15) is 5.10 Å². The fourth-order valence-electron chi connectivity index (χ4n) is 3.86. The molecule has 2 aromatic carbocycles. The Kier molecular flexibility index (Phi) is 8.67. The van der Waals surface area contributed by atoms with Crippen LogP contribution in [0, 0.1) is 13.8 Å². The molecule has 0 radical (unpaired) electrons. The molecule has 3 N–H and O–H groups in total. The first-order valence-electron chi connectivity index (χ1n) is 12.3. The van der Waals surface area contributed by atoms with Gasteiger partial charge in [-0.25, -0.2) is 5.43 Å². The SMILES string of the molecule is CCOc1cc(/C=N/NC(=O)c2ccc(COc3ccc(-n4c(C)ccc4C)cc3)o2)ccc1OCC(N)=O. The number of hydrazone groups is 1. The first-order valence-corrected chi connectivity index (χ1v) is 12.3. The van der Waals surface area contributed by atoms with Gasteiger partial charge in [0.25, 0.3) is 5.91 Å². The van der Waals surface area contributed by atoms with E-state index in [1.807, 2.05) is 31.2 Å². The topological polar surface area (TPSA) is 130 Å². The van der Waals surface area contributed by atoms with Crippen molar-refractivity contribution in [1.82, 2.24) is 9.99 Å². The Hall–Kier alpha value is -4.99. The molecule has 39 heavy (non-hydrogen) atoms. The minimum absolute atomic E-state index is 0.102. The molecule has 202 valence electrons. The van der Waals surface area contributed by atoms with Crippen LogP contribution in [0.3, 0.4) is 0 Å². The van der Waals surface area contributed by atoms with Crippen molar-refractivity contribution in [2.45, 2.75) is 27.4 Å². The normalized spacial score (nSPS) is 10.9. The van der Waals surface area contributed by atoms with Crippen molar-refractivity contribution in [3.05, 3.63) is 95.2 Å². The largest absolute Gasteiger partial charge is 0.490 e. The summed E-state index contributed by atoms with van der Waals surface area (Å²) in [7, 11) is 0. The molecule has 0 aliphatic carbocycles. The number of nitrogens with zero attached hydrogens (tertiary/aromatic N) is 2. The fourth-order valence-corrected chi connectivity index (χ4v) is 3.86. The lowest BCUT2D eigenvalue weighted by molar-refractivity contribution is -0.119.